The van der Waals surface area contributed by atoms with Crippen LogP contribution in [-0.4, -0.2) is 32.5 Å². The maximum Gasteiger partial charge on any atom is 0.273 e. The first kappa shape index (κ1) is 16.5. The van der Waals surface area contributed by atoms with Crippen molar-refractivity contribution in [1.29, 1.82) is 0 Å². The number of nitro groups is 1. The van der Waals surface area contributed by atoms with E-state index in [1.54, 1.807) is 0 Å². The first-order valence-corrected chi connectivity index (χ1v) is 7.71. The second-order valence-electron chi connectivity index (χ2n) is 4.29. The summed E-state index contributed by atoms with van der Waals surface area (Å²) in [6, 6.07) is 6.20. The van der Waals surface area contributed by atoms with E-state index >= 15 is 0 Å². The topological polar surface area (TPSA) is 121 Å². The summed E-state index contributed by atoms with van der Waals surface area (Å²) in [5.41, 5.74) is -0.0573. The first-order valence-electron chi connectivity index (χ1n) is 6.22. The van der Waals surface area contributed by atoms with Gasteiger partial charge in [-0.3, -0.25) is 14.8 Å². The summed E-state index contributed by atoms with van der Waals surface area (Å²) in [7, 11) is -1.33. The zero-order valence-electron chi connectivity index (χ0n) is 12.2. The Kier molecular flexibility index (Phi) is 4.65. The highest BCUT2D eigenvalue weighted by atomic mass is 32.2. The van der Waals surface area contributed by atoms with Crippen LogP contribution in [0.2, 0.25) is 0 Å². The minimum Gasteiger partial charge on any atom is -0.495 e. The highest BCUT2D eigenvalue weighted by Gasteiger charge is 2.22. The number of nitrogens with one attached hydrogen (secondary N) is 1. The largest absolute Gasteiger partial charge is 0.495 e. The van der Waals surface area contributed by atoms with E-state index in [0.717, 1.165) is 18.2 Å². The summed E-state index contributed by atoms with van der Waals surface area (Å²) < 4.78 is 36.9. The Labute approximate surface area is 132 Å². The lowest BCUT2D eigenvalue weighted by molar-refractivity contribution is -0.385. The van der Waals surface area contributed by atoms with Crippen LogP contribution in [0.15, 0.2) is 41.4 Å². The fourth-order valence-corrected chi connectivity index (χ4v) is 2.96. The lowest BCUT2D eigenvalue weighted by Gasteiger charge is -2.11. The Bertz CT molecular complexity index is 820. The number of hydrogen-bond acceptors (Lipinski definition) is 7. The molecule has 0 aliphatic heterocycles. The fourth-order valence-electron chi connectivity index (χ4n) is 1.76. The van der Waals surface area contributed by atoms with Crippen molar-refractivity contribution in [2.24, 2.45) is 0 Å². The summed E-state index contributed by atoms with van der Waals surface area (Å²) >= 11 is 0. The number of sulfonamides is 1. The van der Waals surface area contributed by atoms with E-state index in [1.165, 1.54) is 32.5 Å². The zero-order valence-corrected chi connectivity index (χ0v) is 13.0. The van der Waals surface area contributed by atoms with Crippen molar-refractivity contribution in [3.05, 3.63) is 46.6 Å². The molecule has 2 aromatic rings. The monoisotopic (exact) mass is 339 g/mol. The van der Waals surface area contributed by atoms with Crippen LogP contribution in [0, 0.1) is 10.1 Å². The molecule has 0 fully saturated rings. The fraction of sp³-hybridized carbons (Fsp3) is 0.154. The number of pyridine rings is 1. The second kappa shape index (κ2) is 6.48. The molecule has 0 aliphatic rings. The molecule has 0 bridgehead atoms. The minimum atomic E-state index is -4.00. The molecule has 1 heterocycles. The number of rotatable bonds is 6. The molecule has 0 radical (unpaired) electrons. The number of anilines is 1. The lowest BCUT2D eigenvalue weighted by atomic mass is 10.3. The molecule has 1 aromatic carbocycles. The maximum absolute atomic E-state index is 12.4. The third-order valence-electron chi connectivity index (χ3n) is 2.85. The van der Waals surface area contributed by atoms with Crippen molar-refractivity contribution in [1.82, 2.24) is 4.98 Å². The summed E-state index contributed by atoms with van der Waals surface area (Å²) in [5.74, 6) is 0.203. The third-order valence-corrected chi connectivity index (χ3v) is 4.27. The number of ether oxygens (including phenoxy) is 2. The number of non-ortho nitro benzene ring substituents is 1. The van der Waals surface area contributed by atoms with Crippen LogP contribution in [0.25, 0.3) is 0 Å². The highest BCUT2D eigenvalue weighted by Crippen LogP contribution is 2.29. The smallest absolute Gasteiger partial charge is 0.273 e. The molecule has 0 atom stereocenters. The molecular weight excluding hydrogens is 326 g/mol. The van der Waals surface area contributed by atoms with E-state index in [4.69, 9.17) is 9.47 Å². The molecule has 0 saturated heterocycles. The van der Waals surface area contributed by atoms with Crippen LogP contribution in [0.3, 0.4) is 0 Å². The normalized spacial score (nSPS) is 10.9. The molecule has 9 nitrogen and oxygen atoms in total. The average molecular weight is 339 g/mol. The first-order chi connectivity index (χ1) is 10.9. The Morgan fingerprint density at radius 1 is 1.17 bits per heavy atom. The van der Waals surface area contributed by atoms with Crippen molar-refractivity contribution < 1.29 is 22.8 Å². The SMILES string of the molecule is COc1ccc(NS(=O)(=O)c2ccc([N+](=O)[O-])cc2OC)cn1. The standard InChI is InChI=1S/C13H13N3O6S/c1-21-11-7-10(16(17)18)4-5-12(11)23(19,20)15-9-3-6-13(22-2)14-8-9/h3-8,15H,1-2H3. The van der Waals surface area contributed by atoms with Gasteiger partial charge in [-0.15, -0.1) is 0 Å². The van der Waals surface area contributed by atoms with Crippen molar-refractivity contribution in [3.8, 4) is 11.6 Å². The van der Waals surface area contributed by atoms with Gasteiger partial charge in [0.2, 0.25) is 5.88 Å². The molecule has 0 saturated carbocycles. The Hall–Kier alpha value is -2.88. The number of methoxy groups -OCH3 is 2. The molecule has 122 valence electrons. The van der Waals surface area contributed by atoms with Gasteiger partial charge in [0, 0.05) is 12.1 Å². The Morgan fingerprint density at radius 2 is 1.91 bits per heavy atom. The van der Waals surface area contributed by atoms with Crippen molar-refractivity contribution in [2.75, 3.05) is 18.9 Å². The van der Waals surface area contributed by atoms with Crippen LogP contribution in [0.5, 0.6) is 11.6 Å². The molecule has 10 heteroatoms. The lowest BCUT2D eigenvalue weighted by Crippen LogP contribution is -2.14. The van der Waals surface area contributed by atoms with E-state index in [0.29, 0.717) is 5.88 Å². The molecule has 0 spiro atoms. The van der Waals surface area contributed by atoms with Crippen LogP contribution in [0.1, 0.15) is 0 Å². The summed E-state index contributed by atoms with van der Waals surface area (Å²) in [4.78, 5) is 13.8. The van der Waals surface area contributed by atoms with Gasteiger partial charge < -0.3 is 9.47 Å². The van der Waals surface area contributed by atoms with Crippen molar-refractivity contribution in [2.45, 2.75) is 4.90 Å². The van der Waals surface area contributed by atoms with Gasteiger partial charge in [-0.05, 0) is 12.1 Å². The van der Waals surface area contributed by atoms with Crippen LogP contribution in [0.4, 0.5) is 11.4 Å². The van der Waals surface area contributed by atoms with Crippen molar-refractivity contribution in [3.63, 3.8) is 0 Å². The number of nitro benzene ring substituents is 1. The van der Waals surface area contributed by atoms with Gasteiger partial charge in [-0.1, -0.05) is 0 Å². The molecule has 23 heavy (non-hydrogen) atoms. The molecule has 1 N–H and O–H groups in total. The van der Waals surface area contributed by atoms with Crippen molar-refractivity contribution >= 4 is 21.4 Å². The number of aromatic nitrogens is 1. The number of benzene rings is 1. The van der Waals surface area contributed by atoms with Crippen LogP contribution >= 0.6 is 0 Å². The molecular formula is C13H13N3O6S. The Balaban J connectivity index is 2.36. The van der Waals surface area contributed by atoms with Gasteiger partial charge in [0.05, 0.1) is 37.1 Å². The molecule has 0 aliphatic carbocycles. The van der Waals surface area contributed by atoms with Gasteiger partial charge in [-0.2, -0.15) is 0 Å². The van der Waals surface area contributed by atoms with E-state index in [1.807, 2.05) is 0 Å². The van der Waals surface area contributed by atoms with E-state index in [9.17, 15) is 18.5 Å². The molecule has 2 rings (SSSR count). The summed E-state index contributed by atoms with van der Waals surface area (Å²) in [6.45, 7) is 0. The van der Waals surface area contributed by atoms with Gasteiger partial charge >= 0.3 is 0 Å². The molecule has 0 amide bonds. The second-order valence-corrected chi connectivity index (χ2v) is 5.94. The average Bonchev–Trinajstić information content (AvgIpc) is 2.54. The van der Waals surface area contributed by atoms with E-state index in [-0.39, 0.29) is 22.0 Å². The predicted molar refractivity (Wildman–Crippen MR) is 81.2 cm³/mol. The number of hydrogen-bond donors (Lipinski definition) is 1. The quantitative estimate of drug-likeness (QED) is 0.629. The third kappa shape index (κ3) is 3.66. The minimum absolute atomic E-state index is 0.131. The Morgan fingerprint density at radius 3 is 2.43 bits per heavy atom. The van der Waals surface area contributed by atoms with Gasteiger partial charge in [-0.25, -0.2) is 13.4 Å². The summed E-state index contributed by atoms with van der Waals surface area (Å²) in [5, 5.41) is 10.7. The number of nitrogens with zero attached hydrogens (tertiary/aromatic N) is 2. The molecule has 1 aromatic heterocycles. The zero-order chi connectivity index (χ0) is 17.0. The van der Waals surface area contributed by atoms with E-state index in [2.05, 4.69) is 9.71 Å². The highest BCUT2D eigenvalue weighted by molar-refractivity contribution is 7.92. The van der Waals surface area contributed by atoms with Gasteiger partial charge in [0.25, 0.3) is 15.7 Å². The van der Waals surface area contributed by atoms with Crippen LogP contribution in [-0.2, 0) is 10.0 Å². The molecule has 0 unspecified atom stereocenters. The van der Waals surface area contributed by atoms with E-state index < -0.39 is 14.9 Å². The van der Waals surface area contributed by atoms with Crippen LogP contribution < -0.4 is 14.2 Å². The maximum atomic E-state index is 12.4. The van der Waals surface area contributed by atoms with Gasteiger partial charge in [0.15, 0.2) is 0 Å². The van der Waals surface area contributed by atoms with Gasteiger partial charge in [0.1, 0.15) is 10.6 Å². The predicted octanol–water partition coefficient (Wildman–Crippen LogP) is 1.81. The summed E-state index contributed by atoms with van der Waals surface area (Å²) in [6.07, 6.45) is 1.29.